The number of Topliss-reactive ketones (excluding diaryl/α,β-unsaturated/α-hetero) is 1. The predicted octanol–water partition coefficient (Wildman–Crippen LogP) is 4.44. The number of ether oxygens (including phenoxy) is 2. The molecule has 1 heterocycles. The lowest BCUT2D eigenvalue weighted by Crippen LogP contribution is -2.34. The van der Waals surface area contributed by atoms with Crippen LogP contribution in [0.5, 0.6) is 5.75 Å². The fourth-order valence-corrected chi connectivity index (χ4v) is 4.13. The molecule has 1 fully saturated rings. The number of alkyl carbamates (subject to hydrolysis) is 1. The van der Waals surface area contributed by atoms with Crippen molar-refractivity contribution in [2.45, 2.75) is 38.6 Å². The number of hydrogen-bond donors (Lipinski definition) is 2. The molecule has 0 spiro atoms. The zero-order chi connectivity index (χ0) is 23.5. The molecule has 4 rings (SSSR count). The minimum absolute atomic E-state index is 0.00681. The van der Waals surface area contributed by atoms with Crippen molar-refractivity contribution in [1.29, 1.82) is 0 Å². The summed E-state index contributed by atoms with van der Waals surface area (Å²) in [6.07, 6.45) is 1.16. The molecule has 2 N–H and O–H groups in total. The first kappa shape index (κ1) is 22.7. The Kier molecular flexibility index (Phi) is 6.57. The van der Waals surface area contributed by atoms with E-state index in [-0.39, 0.29) is 41.8 Å². The van der Waals surface area contributed by atoms with Crippen LogP contribution in [0.15, 0.2) is 30.3 Å². The summed E-state index contributed by atoms with van der Waals surface area (Å²) in [5.74, 6) is -1.35. The third-order valence-electron chi connectivity index (χ3n) is 5.89. The quantitative estimate of drug-likeness (QED) is 0.691. The van der Waals surface area contributed by atoms with E-state index >= 15 is 0 Å². The standard InChI is InChI=1S/C24H24F2N2O5/c1-13-10-15(3-6-18(13)25)27-23(30)17-5-7-19(26)21-20(8-9-32-22(17)21)28-24(31)33-12-14-2-4-16(29)11-14/h3,5-7,10,14,20H,2,4,8-9,11-12H2,1H3,(H,27,30)(H,28,31)/t14-,20-/m0/s1. The summed E-state index contributed by atoms with van der Waals surface area (Å²) in [4.78, 5) is 36.5. The molecule has 0 unspecified atom stereocenters. The maximum Gasteiger partial charge on any atom is 0.407 e. The van der Waals surface area contributed by atoms with E-state index in [0.29, 0.717) is 36.9 Å². The van der Waals surface area contributed by atoms with E-state index in [9.17, 15) is 23.2 Å². The number of hydrogen-bond acceptors (Lipinski definition) is 5. The van der Waals surface area contributed by atoms with Crippen LogP contribution in [0.2, 0.25) is 0 Å². The number of anilines is 1. The van der Waals surface area contributed by atoms with Crippen LogP contribution in [0.4, 0.5) is 19.3 Å². The SMILES string of the molecule is Cc1cc(NC(=O)c2ccc(F)c3c2OCC[C@@H]3NC(=O)OC[C@H]2CCC(=O)C2)ccc1F. The summed E-state index contributed by atoms with van der Waals surface area (Å²) >= 11 is 0. The lowest BCUT2D eigenvalue weighted by Gasteiger charge is -2.28. The number of nitrogens with one attached hydrogen (secondary N) is 2. The van der Waals surface area contributed by atoms with Gasteiger partial charge in [0.1, 0.15) is 23.2 Å². The van der Waals surface area contributed by atoms with Gasteiger partial charge < -0.3 is 20.1 Å². The van der Waals surface area contributed by atoms with Crippen LogP contribution >= 0.6 is 0 Å². The van der Waals surface area contributed by atoms with Crippen molar-refractivity contribution >= 4 is 23.5 Å². The third kappa shape index (κ3) is 5.13. The first-order valence-corrected chi connectivity index (χ1v) is 10.8. The summed E-state index contributed by atoms with van der Waals surface area (Å²) in [6.45, 7) is 1.86. The molecular weight excluding hydrogens is 434 g/mol. The molecule has 2 aliphatic rings. The van der Waals surface area contributed by atoms with Gasteiger partial charge in [-0.05, 0) is 49.2 Å². The predicted molar refractivity (Wildman–Crippen MR) is 115 cm³/mol. The second kappa shape index (κ2) is 9.56. The monoisotopic (exact) mass is 458 g/mol. The van der Waals surface area contributed by atoms with Crippen molar-refractivity contribution < 1.29 is 32.6 Å². The van der Waals surface area contributed by atoms with Crippen LogP contribution in [0.25, 0.3) is 0 Å². The first-order chi connectivity index (χ1) is 15.8. The van der Waals surface area contributed by atoms with Gasteiger partial charge in [0.05, 0.1) is 30.4 Å². The van der Waals surface area contributed by atoms with Gasteiger partial charge in [-0.3, -0.25) is 9.59 Å². The molecule has 7 nitrogen and oxygen atoms in total. The Morgan fingerprint density at radius 3 is 2.67 bits per heavy atom. The number of carbonyl (C=O) groups is 3. The second-order valence-corrected chi connectivity index (χ2v) is 8.34. The van der Waals surface area contributed by atoms with Gasteiger partial charge >= 0.3 is 6.09 Å². The summed E-state index contributed by atoms with van der Waals surface area (Å²) in [7, 11) is 0. The second-order valence-electron chi connectivity index (χ2n) is 8.34. The fourth-order valence-electron chi connectivity index (χ4n) is 4.13. The van der Waals surface area contributed by atoms with E-state index in [2.05, 4.69) is 10.6 Å². The smallest absolute Gasteiger partial charge is 0.407 e. The van der Waals surface area contributed by atoms with Crippen LogP contribution in [-0.2, 0) is 9.53 Å². The lowest BCUT2D eigenvalue weighted by atomic mass is 9.96. The number of halogens is 2. The minimum Gasteiger partial charge on any atom is -0.492 e. The van der Waals surface area contributed by atoms with Crippen molar-refractivity contribution in [2.24, 2.45) is 5.92 Å². The topological polar surface area (TPSA) is 93.7 Å². The zero-order valence-corrected chi connectivity index (χ0v) is 18.1. The fraction of sp³-hybridized carbons (Fsp3) is 0.375. The number of ketones is 1. The molecule has 2 amide bonds. The molecule has 2 aromatic rings. The largest absolute Gasteiger partial charge is 0.492 e. The summed E-state index contributed by atoms with van der Waals surface area (Å²) in [5, 5.41) is 5.30. The van der Waals surface area contributed by atoms with Crippen LogP contribution in [-0.4, -0.2) is 31.0 Å². The van der Waals surface area contributed by atoms with E-state index in [1.165, 1.54) is 24.3 Å². The molecular formula is C24H24F2N2O5. The Bertz CT molecular complexity index is 1100. The number of rotatable bonds is 5. The van der Waals surface area contributed by atoms with Crippen LogP contribution in [0, 0.1) is 24.5 Å². The lowest BCUT2D eigenvalue weighted by molar-refractivity contribution is -0.117. The Morgan fingerprint density at radius 1 is 1.15 bits per heavy atom. The van der Waals surface area contributed by atoms with Gasteiger partial charge in [-0.15, -0.1) is 0 Å². The molecule has 0 aromatic heterocycles. The number of carbonyl (C=O) groups excluding carboxylic acids is 3. The molecule has 1 aliphatic heterocycles. The molecule has 9 heteroatoms. The Labute approximate surface area is 189 Å². The zero-order valence-electron chi connectivity index (χ0n) is 18.1. The van der Waals surface area contributed by atoms with Crippen molar-refractivity contribution in [3.8, 4) is 5.75 Å². The first-order valence-electron chi connectivity index (χ1n) is 10.8. The van der Waals surface area contributed by atoms with E-state index in [4.69, 9.17) is 9.47 Å². The van der Waals surface area contributed by atoms with E-state index in [0.717, 1.165) is 6.07 Å². The molecule has 174 valence electrons. The number of aryl methyl sites for hydroxylation is 1. The maximum absolute atomic E-state index is 14.7. The van der Waals surface area contributed by atoms with Gasteiger partial charge in [-0.25, -0.2) is 13.6 Å². The summed E-state index contributed by atoms with van der Waals surface area (Å²) in [5.41, 5.74) is 0.918. The van der Waals surface area contributed by atoms with Gasteiger partial charge in [-0.1, -0.05) is 0 Å². The van der Waals surface area contributed by atoms with Crippen LogP contribution < -0.4 is 15.4 Å². The van der Waals surface area contributed by atoms with Gasteiger partial charge in [0.25, 0.3) is 5.91 Å². The summed E-state index contributed by atoms with van der Waals surface area (Å²) in [6, 6.07) is 5.86. The third-order valence-corrected chi connectivity index (χ3v) is 5.89. The molecule has 2 atom stereocenters. The molecule has 0 radical (unpaired) electrons. The molecule has 0 saturated heterocycles. The Hall–Kier alpha value is -3.49. The highest BCUT2D eigenvalue weighted by Crippen LogP contribution is 2.37. The maximum atomic E-state index is 14.7. The molecule has 2 aromatic carbocycles. The Balaban J connectivity index is 1.48. The van der Waals surface area contributed by atoms with Crippen molar-refractivity contribution in [3.05, 3.63) is 58.7 Å². The molecule has 33 heavy (non-hydrogen) atoms. The normalized spacial score (nSPS) is 19.4. The number of benzene rings is 2. The highest BCUT2D eigenvalue weighted by Gasteiger charge is 2.31. The average molecular weight is 458 g/mol. The van der Waals surface area contributed by atoms with Gasteiger partial charge in [0.15, 0.2) is 0 Å². The van der Waals surface area contributed by atoms with E-state index < -0.39 is 29.7 Å². The number of amides is 2. The average Bonchev–Trinajstić information content (AvgIpc) is 3.20. The highest BCUT2D eigenvalue weighted by atomic mass is 19.1. The van der Waals surface area contributed by atoms with Gasteiger partial charge in [0, 0.05) is 30.9 Å². The van der Waals surface area contributed by atoms with E-state index in [1.54, 1.807) is 6.92 Å². The minimum atomic E-state index is -0.743. The molecule has 1 aliphatic carbocycles. The van der Waals surface area contributed by atoms with Crippen molar-refractivity contribution in [1.82, 2.24) is 5.32 Å². The summed E-state index contributed by atoms with van der Waals surface area (Å²) < 4.78 is 39.1. The van der Waals surface area contributed by atoms with Crippen LogP contribution in [0.3, 0.4) is 0 Å². The van der Waals surface area contributed by atoms with Gasteiger partial charge in [0.2, 0.25) is 0 Å². The molecule has 1 saturated carbocycles. The highest BCUT2D eigenvalue weighted by molar-refractivity contribution is 6.06. The van der Waals surface area contributed by atoms with Crippen molar-refractivity contribution in [2.75, 3.05) is 18.5 Å². The molecule has 0 bridgehead atoms. The van der Waals surface area contributed by atoms with Gasteiger partial charge in [-0.2, -0.15) is 0 Å². The Morgan fingerprint density at radius 2 is 1.94 bits per heavy atom. The number of fused-ring (bicyclic) bond motifs is 1. The van der Waals surface area contributed by atoms with Crippen molar-refractivity contribution in [3.63, 3.8) is 0 Å². The van der Waals surface area contributed by atoms with E-state index in [1.807, 2.05) is 0 Å². The van der Waals surface area contributed by atoms with Crippen LogP contribution in [0.1, 0.15) is 53.2 Å².